The molecule has 0 atom stereocenters. The molecule has 0 aromatic heterocycles. The fraction of sp³-hybridized carbons (Fsp3) is 0.471. The number of carbonyl (C=O) groups excluding carboxylic acids is 1. The zero-order valence-electron chi connectivity index (χ0n) is 12.3. The molecule has 1 aliphatic carbocycles. The Morgan fingerprint density at radius 3 is 2.57 bits per heavy atom. The molecule has 0 unspecified atom stereocenters. The van der Waals surface area contributed by atoms with Crippen LogP contribution in [0.2, 0.25) is 0 Å². The number of halogens is 1. The van der Waals surface area contributed by atoms with E-state index < -0.39 is 5.54 Å². The van der Waals surface area contributed by atoms with Gasteiger partial charge in [0, 0.05) is 10.5 Å². The third-order valence-corrected chi connectivity index (χ3v) is 4.75. The molecule has 1 amide bonds. The highest BCUT2D eigenvalue weighted by molar-refractivity contribution is 9.10. The lowest BCUT2D eigenvalue weighted by molar-refractivity contribution is -0.119. The maximum atomic E-state index is 12.1. The Morgan fingerprint density at radius 1 is 1.38 bits per heavy atom. The summed E-state index contributed by atoms with van der Waals surface area (Å²) in [6.45, 7) is 2.23. The molecule has 0 radical (unpaired) electrons. The minimum atomic E-state index is -0.437. The molecule has 0 bridgehead atoms. The van der Waals surface area contributed by atoms with Gasteiger partial charge in [-0.1, -0.05) is 35.0 Å². The Kier molecular flexibility index (Phi) is 5.59. The van der Waals surface area contributed by atoms with Gasteiger partial charge in [-0.25, -0.2) is 0 Å². The van der Waals surface area contributed by atoms with Crippen molar-refractivity contribution in [2.24, 2.45) is 5.92 Å². The zero-order chi connectivity index (χ0) is 15.3. The lowest BCUT2D eigenvalue weighted by Crippen LogP contribution is -2.52. The molecule has 0 spiro atoms. The number of benzene rings is 1. The van der Waals surface area contributed by atoms with Crippen molar-refractivity contribution in [3.8, 4) is 0 Å². The molecule has 21 heavy (non-hydrogen) atoms. The smallest absolute Gasteiger partial charge is 0.244 e. The fourth-order valence-electron chi connectivity index (χ4n) is 2.69. The normalized spacial score (nSPS) is 26.0. The van der Waals surface area contributed by atoms with E-state index in [1.165, 1.54) is 0 Å². The van der Waals surface area contributed by atoms with Crippen molar-refractivity contribution in [2.45, 2.75) is 38.1 Å². The van der Waals surface area contributed by atoms with Gasteiger partial charge in [-0.2, -0.15) is 0 Å². The average Bonchev–Trinajstić information content (AvgIpc) is 2.49. The van der Waals surface area contributed by atoms with Crippen LogP contribution in [0.5, 0.6) is 0 Å². The summed E-state index contributed by atoms with van der Waals surface area (Å²) in [6.07, 6.45) is 7.14. The number of carbonyl (C=O) groups is 1. The number of hydrogen-bond acceptors (Lipinski definition) is 2. The van der Waals surface area contributed by atoms with E-state index in [0.29, 0.717) is 5.92 Å². The van der Waals surface area contributed by atoms with Crippen molar-refractivity contribution in [1.82, 2.24) is 5.32 Å². The molecular weight excluding hydrogens is 330 g/mol. The van der Waals surface area contributed by atoms with E-state index in [1.54, 1.807) is 12.2 Å². The molecule has 2 N–H and O–H groups in total. The van der Waals surface area contributed by atoms with E-state index in [-0.39, 0.29) is 12.5 Å². The average molecular weight is 352 g/mol. The monoisotopic (exact) mass is 351 g/mol. The van der Waals surface area contributed by atoms with E-state index >= 15 is 0 Å². The zero-order valence-corrected chi connectivity index (χ0v) is 13.9. The van der Waals surface area contributed by atoms with Crippen LogP contribution in [0, 0.1) is 5.92 Å². The summed E-state index contributed by atoms with van der Waals surface area (Å²) in [4.78, 5) is 12.1. The molecule has 1 aromatic carbocycles. The standard InChI is InChI=1S/C17H22BrNO2/c1-13-8-10-17(12-20,11-9-13)19-16(21)7-4-14-2-5-15(18)6-3-14/h2-7,13,20H,8-12H2,1H3,(H,19,21). The van der Waals surface area contributed by atoms with Crippen molar-refractivity contribution >= 4 is 27.9 Å². The summed E-state index contributed by atoms with van der Waals surface area (Å²) in [5, 5.41) is 12.6. The van der Waals surface area contributed by atoms with Gasteiger partial charge in [0.2, 0.25) is 5.91 Å². The molecule has 2 rings (SSSR count). The van der Waals surface area contributed by atoms with Crippen LogP contribution in [0.3, 0.4) is 0 Å². The van der Waals surface area contributed by atoms with Crippen LogP contribution >= 0.6 is 15.9 Å². The molecule has 1 saturated carbocycles. The number of hydrogen-bond donors (Lipinski definition) is 2. The van der Waals surface area contributed by atoms with Gasteiger partial charge in [0.25, 0.3) is 0 Å². The minimum Gasteiger partial charge on any atom is -0.394 e. The maximum Gasteiger partial charge on any atom is 0.244 e. The van der Waals surface area contributed by atoms with E-state index in [9.17, 15) is 9.90 Å². The summed E-state index contributed by atoms with van der Waals surface area (Å²) in [7, 11) is 0. The van der Waals surface area contributed by atoms with Crippen molar-refractivity contribution in [3.63, 3.8) is 0 Å². The van der Waals surface area contributed by atoms with Crippen LogP contribution < -0.4 is 5.32 Å². The van der Waals surface area contributed by atoms with Gasteiger partial charge in [-0.05, 0) is 55.4 Å². The van der Waals surface area contributed by atoms with Gasteiger partial charge in [-0.15, -0.1) is 0 Å². The van der Waals surface area contributed by atoms with Gasteiger partial charge in [0.15, 0.2) is 0 Å². The van der Waals surface area contributed by atoms with Gasteiger partial charge in [0.05, 0.1) is 12.1 Å². The highest BCUT2D eigenvalue weighted by Gasteiger charge is 2.34. The van der Waals surface area contributed by atoms with Crippen LogP contribution in [0.4, 0.5) is 0 Å². The topological polar surface area (TPSA) is 49.3 Å². The predicted octanol–water partition coefficient (Wildman–Crippen LogP) is 3.52. The first-order valence-corrected chi connectivity index (χ1v) is 8.19. The Morgan fingerprint density at radius 2 is 2.00 bits per heavy atom. The number of aliphatic hydroxyl groups excluding tert-OH is 1. The first-order chi connectivity index (χ1) is 10.0. The second kappa shape index (κ2) is 7.23. The van der Waals surface area contributed by atoms with Gasteiger partial charge in [-0.3, -0.25) is 4.79 Å². The first kappa shape index (κ1) is 16.2. The van der Waals surface area contributed by atoms with Crippen LogP contribution in [0.1, 0.15) is 38.2 Å². The summed E-state index contributed by atoms with van der Waals surface area (Å²) < 4.78 is 1.01. The van der Waals surface area contributed by atoms with Crippen molar-refractivity contribution in [2.75, 3.05) is 6.61 Å². The van der Waals surface area contributed by atoms with Crippen LogP contribution in [-0.2, 0) is 4.79 Å². The Labute approximate surface area is 134 Å². The Balaban J connectivity index is 1.95. The first-order valence-electron chi connectivity index (χ1n) is 7.40. The molecule has 1 fully saturated rings. The molecular formula is C17H22BrNO2. The second-order valence-corrected chi connectivity index (χ2v) is 6.91. The van der Waals surface area contributed by atoms with Gasteiger partial charge < -0.3 is 10.4 Å². The quantitative estimate of drug-likeness (QED) is 0.815. The molecule has 0 saturated heterocycles. The molecule has 0 heterocycles. The van der Waals surface area contributed by atoms with Crippen molar-refractivity contribution in [1.29, 1.82) is 0 Å². The molecule has 1 aromatic rings. The number of aliphatic hydroxyl groups is 1. The third-order valence-electron chi connectivity index (χ3n) is 4.22. The predicted molar refractivity (Wildman–Crippen MR) is 88.8 cm³/mol. The fourth-order valence-corrected chi connectivity index (χ4v) is 2.95. The number of nitrogens with one attached hydrogen (secondary N) is 1. The molecule has 0 aliphatic heterocycles. The van der Waals surface area contributed by atoms with Gasteiger partial charge in [0.1, 0.15) is 0 Å². The second-order valence-electron chi connectivity index (χ2n) is 6.00. The third kappa shape index (κ3) is 4.68. The highest BCUT2D eigenvalue weighted by Crippen LogP contribution is 2.31. The Hall–Kier alpha value is -1.13. The molecule has 3 nitrogen and oxygen atoms in total. The number of amides is 1. The summed E-state index contributed by atoms with van der Waals surface area (Å²) >= 11 is 3.38. The molecule has 1 aliphatic rings. The van der Waals surface area contributed by atoms with Crippen LogP contribution in [0.15, 0.2) is 34.8 Å². The van der Waals surface area contributed by atoms with Crippen molar-refractivity contribution < 1.29 is 9.90 Å². The molecule has 114 valence electrons. The highest BCUT2D eigenvalue weighted by atomic mass is 79.9. The molecule has 4 heteroatoms. The van der Waals surface area contributed by atoms with E-state index in [0.717, 1.165) is 35.7 Å². The van der Waals surface area contributed by atoms with E-state index in [1.807, 2.05) is 24.3 Å². The van der Waals surface area contributed by atoms with E-state index in [4.69, 9.17) is 0 Å². The lowest BCUT2D eigenvalue weighted by atomic mass is 9.77. The maximum absolute atomic E-state index is 12.1. The lowest BCUT2D eigenvalue weighted by Gasteiger charge is -2.38. The minimum absolute atomic E-state index is 0.0115. The summed E-state index contributed by atoms with van der Waals surface area (Å²) in [5.41, 5.74) is 0.539. The summed E-state index contributed by atoms with van der Waals surface area (Å²) in [5.74, 6) is 0.543. The number of rotatable bonds is 4. The summed E-state index contributed by atoms with van der Waals surface area (Å²) in [6, 6.07) is 7.76. The van der Waals surface area contributed by atoms with Crippen LogP contribution in [-0.4, -0.2) is 23.2 Å². The van der Waals surface area contributed by atoms with E-state index in [2.05, 4.69) is 28.2 Å². The SMILES string of the molecule is CC1CCC(CO)(NC(=O)C=Cc2ccc(Br)cc2)CC1. The van der Waals surface area contributed by atoms with Gasteiger partial charge >= 0.3 is 0 Å². The largest absolute Gasteiger partial charge is 0.394 e. The van der Waals surface area contributed by atoms with Crippen molar-refractivity contribution in [3.05, 3.63) is 40.4 Å². The van der Waals surface area contributed by atoms with Crippen LogP contribution in [0.25, 0.3) is 6.08 Å². The Bertz CT molecular complexity index is 502.